The molecule has 0 radical (unpaired) electrons. The van der Waals surface area contributed by atoms with Gasteiger partial charge in [-0.15, -0.1) is 0 Å². The van der Waals surface area contributed by atoms with Crippen LogP contribution < -0.4 is 5.73 Å². The van der Waals surface area contributed by atoms with Crippen molar-refractivity contribution in [3.63, 3.8) is 0 Å². The molecule has 0 atom stereocenters. The molecule has 5 nitrogen and oxygen atoms in total. The number of nitrogens with zero attached hydrogens (tertiary/aromatic N) is 4. The van der Waals surface area contributed by atoms with E-state index in [0.29, 0.717) is 23.8 Å². The minimum absolute atomic E-state index is 0.0973. The van der Waals surface area contributed by atoms with Crippen LogP contribution in [0, 0.1) is 0 Å². The average Bonchev–Trinajstić information content (AvgIpc) is 2.38. The number of hydrogen-bond acceptors (Lipinski definition) is 5. The van der Waals surface area contributed by atoms with Crippen LogP contribution in [0.2, 0.25) is 0 Å². The number of alkyl halides is 3. The van der Waals surface area contributed by atoms with Gasteiger partial charge in [0.25, 0.3) is 0 Å². The normalized spacial score (nSPS) is 11.6. The van der Waals surface area contributed by atoms with E-state index in [1.807, 2.05) is 0 Å². The Kier molecular flexibility index (Phi) is 3.19. The molecule has 0 bridgehead atoms. The molecule has 2 aromatic rings. The molecule has 0 saturated heterocycles. The van der Waals surface area contributed by atoms with Crippen molar-refractivity contribution in [1.29, 1.82) is 0 Å². The SMILES string of the molecule is NCc1cc(-c2ncc(C(F)(F)F)cn2)ncn1. The highest BCUT2D eigenvalue weighted by atomic mass is 19.4. The van der Waals surface area contributed by atoms with E-state index in [0.717, 1.165) is 0 Å². The molecule has 0 amide bonds. The Morgan fingerprint density at radius 1 is 1.06 bits per heavy atom. The zero-order valence-electron chi connectivity index (χ0n) is 9.02. The van der Waals surface area contributed by atoms with E-state index in [1.54, 1.807) is 0 Å². The first-order valence-electron chi connectivity index (χ1n) is 4.91. The Hall–Kier alpha value is -2.09. The van der Waals surface area contributed by atoms with Gasteiger partial charge in [-0.3, -0.25) is 0 Å². The Bertz CT molecular complexity index is 538. The fourth-order valence-electron chi connectivity index (χ4n) is 1.24. The highest BCUT2D eigenvalue weighted by Gasteiger charge is 2.31. The van der Waals surface area contributed by atoms with Crippen LogP contribution in [0.25, 0.3) is 11.5 Å². The van der Waals surface area contributed by atoms with E-state index < -0.39 is 11.7 Å². The summed E-state index contributed by atoms with van der Waals surface area (Å²) in [6, 6.07) is 1.53. The van der Waals surface area contributed by atoms with Gasteiger partial charge in [-0.25, -0.2) is 19.9 Å². The summed E-state index contributed by atoms with van der Waals surface area (Å²) in [5.74, 6) is 0.0973. The zero-order chi connectivity index (χ0) is 13.2. The van der Waals surface area contributed by atoms with Crippen LogP contribution in [0.3, 0.4) is 0 Å². The van der Waals surface area contributed by atoms with Gasteiger partial charge in [-0.2, -0.15) is 13.2 Å². The van der Waals surface area contributed by atoms with Crippen molar-refractivity contribution >= 4 is 0 Å². The molecule has 2 N–H and O–H groups in total. The quantitative estimate of drug-likeness (QED) is 0.877. The van der Waals surface area contributed by atoms with Gasteiger partial charge in [0.15, 0.2) is 5.82 Å². The minimum atomic E-state index is -4.45. The molecule has 94 valence electrons. The highest BCUT2D eigenvalue weighted by molar-refractivity contribution is 5.48. The Labute approximate surface area is 99.9 Å². The first kappa shape index (κ1) is 12.4. The predicted molar refractivity (Wildman–Crippen MR) is 56.0 cm³/mol. The average molecular weight is 255 g/mol. The van der Waals surface area contributed by atoms with Gasteiger partial charge in [0.1, 0.15) is 12.0 Å². The van der Waals surface area contributed by atoms with E-state index in [1.165, 1.54) is 12.4 Å². The number of aromatic nitrogens is 4. The molecule has 2 aromatic heterocycles. The maximum absolute atomic E-state index is 12.3. The van der Waals surface area contributed by atoms with Crippen LogP contribution in [0.5, 0.6) is 0 Å². The van der Waals surface area contributed by atoms with Crippen LogP contribution >= 0.6 is 0 Å². The van der Waals surface area contributed by atoms with Gasteiger partial charge in [0.05, 0.1) is 11.3 Å². The highest BCUT2D eigenvalue weighted by Crippen LogP contribution is 2.28. The van der Waals surface area contributed by atoms with E-state index >= 15 is 0 Å². The lowest BCUT2D eigenvalue weighted by molar-refractivity contribution is -0.138. The lowest BCUT2D eigenvalue weighted by Crippen LogP contribution is -2.07. The molecule has 0 fully saturated rings. The summed E-state index contributed by atoms with van der Waals surface area (Å²) in [6.07, 6.45) is -1.76. The summed E-state index contributed by atoms with van der Waals surface area (Å²) in [5, 5.41) is 0. The lowest BCUT2D eigenvalue weighted by Gasteiger charge is -2.06. The Morgan fingerprint density at radius 2 is 1.72 bits per heavy atom. The van der Waals surface area contributed by atoms with Crippen molar-refractivity contribution < 1.29 is 13.2 Å². The van der Waals surface area contributed by atoms with Gasteiger partial charge in [0.2, 0.25) is 0 Å². The van der Waals surface area contributed by atoms with Crippen LogP contribution in [0.4, 0.5) is 13.2 Å². The molecular formula is C10H8F3N5. The van der Waals surface area contributed by atoms with Gasteiger partial charge in [-0.05, 0) is 6.07 Å². The summed E-state index contributed by atoms with van der Waals surface area (Å²) in [6.45, 7) is 0.205. The molecule has 0 saturated carbocycles. The van der Waals surface area contributed by atoms with Crippen molar-refractivity contribution in [2.24, 2.45) is 5.73 Å². The summed E-state index contributed by atoms with van der Waals surface area (Å²) < 4.78 is 37.0. The first-order chi connectivity index (χ1) is 8.50. The van der Waals surface area contributed by atoms with Gasteiger partial charge in [-0.1, -0.05) is 0 Å². The van der Waals surface area contributed by atoms with Crippen LogP contribution in [-0.4, -0.2) is 19.9 Å². The maximum Gasteiger partial charge on any atom is 0.419 e. The van der Waals surface area contributed by atoms with Crippen molar-refractivity contribution in [3.8, 4) is 11.5 Å². The van der Waals surface area contributed by atoms with Crippen molar-refractivity contribution in [2.75, 3.05) is 0 Å². The second-order valence-corrected chi connectivity index (χ2v) is 3.39. The third-order valence-electron chi connectivity index (χ3n) is 2.14. The van der Waals surface area contributed by atoms with Crippen LogP contribution in [0.15, 0.2) is 24.8 Å². The van der Waals surface area contributed by atoms with Gasteiger partial charge in [0, 0.05) is 18.9 Å². The fraction of sp³-hybridized carbons (Fsp3) is 0.200. The molecule has 8 heteroatoms. The van der Waals surface area contributed by atoms with Crippen molar-refractivity contribution in [3.05, 3.63) is 36.0 Å². The van der Waals surface area contributed by atoms with Gasteiger partial charge < -0.3 is 5.73 Å². The largest absolute Gasteiger partial charge is 0.419 e. The molecule has 18 heavy (non-hydrogen) atoms. The number of hydrogen-bond donors (Lipinski definition) is 1. The fourth-order valence-corrected chi connectivity index (χ4v) is 1.24. The second kappa shape index (κ2) is 4.65. The summed E-state index contributed by atoms with van der Waals surface area (Å²) in [7, 11) is 0. The monoisotopic (exact) mass is 255 g/mol. The predicted octanol–water partition coefficient (Wildman–Crippen LogP) is 1.41. The molecule has 0 aliphatic carbocycles. The minimum Gasteiger partial charge on any atom is -0.325 e. The third kappa shape index (κ3) is 2.59. The number of rotatable bonds is 2. The van der Waals surface area contributed by atoms with Crippen LogP contribution in [-0.2, 0) is 12.7 Å². The molecule has 0 spiro atoms. The summed E-state index contributed by atoms with van der Waals surface area (Å²) in [4.78, 5) is 15.0. The smallest absolute Gasteiger partial charge is 0.325 e. The first-order valence-corrected chi connectivity index (χ1v) is 4.91. The topological polar surface area (TPSA) is 77.6 Å². The second-order valence-electron chi connectivity index (χ2n) is 3.39. The van der Waals surface area contributed by atoms with E-state index in [-0.39, 0.29) is 12.4 Å². The molecular weight excluding hydrogens is 247 g/mol. The third-order valence-corrected chi connectivity index (χ3v) is 2.14. The molecule has 2 heterocycles. The molecule has 0 unspecified atom stereocenters. The van der Waals surface area contributed by atoms with E-state index in [9.17, 15) is 13.2 Å². The molecule has 0 aromatic carbocycles. The van der Waals surface area contributed by atoms with Crippen molar-refractivity contribution in [2.45, 2.75) is 12.7 Å². The molecule has 0 aliphatic rings. The van der Waals surface area contributed by atoms with Crippen molar-refractivity contribution in [1.82, 2.24) is 19.9 Å². The summed E-state index contributed by atoms with van der Waals surface area (Å²) in [5.41, 5.74) is 5.39. The Morgan fingerprint density at radius 3 is 2.28 bits per heavy atom. The zero-order valence-corrected chi connectivity index (χ0v) is 9.02. The summed E-state index contributed by atoms with van der Waals surface area (Å²) >= 11 is 0. The van der Waals surface area contributed by atoms with E-state index in [4.69, 9.17) is 5.73 Å². The standard InChI is InChI=1S/C10H8F3N5/c11-10(12,13)6-3-15-9(16-4-6)8-1-7(2-14)17-5-18-8/h1,3-5H,2,14H2. The maximum atomic E-state index is 12.3. The van der Waals surface area contributed by atoms with Crippen LogP contribution in [0.1, 0.15) is 11.3 Å². The lowest BCUT2D eigenvalue weighted by atomic mass is 10.3. The molecule has 2 rings (SSSR count). The van der Waals surface area contributed by atoms with Gasteiger partial charge >= 0.3 is 6.18 Å². The van der Waals surface area contributed by atoms with E-state index in [2.05, 4.69) is 19.9 Å². The number of halogens is 3. The molecule has 0 aliphatic heterocycles. The Balaban J connectivity index is 2.34. The number of nitrogens with two attached hydrogens (primary N) is 1.